The van der Waals surface area contributed by atoms with Crippen molar-refractivity contribution in [3.8, 4) is 5.75 Å². The average molecular weight is 343 g/mol. The highest BCUT2D eigenvalue weighted by atomic mass is 16.5. The Balaban J connectivity index is 1.70. The maximum absolute atomic E-state index is 12.7. The molecule has 3 rings (SSSR count). The van der Waals surface area contributed by atoms with E-state index < -0.39 is 5.60 Å². The molecule has 1 fully saturated rings. The highest BCUT2D eigenvalue weighted by molar-refractivity contribution is 5.93. The molecule has 1 saturated heterocycles. The van der Waals surface area contributed by atoms with Crippen molar-refractivity contribution in [2.24, 2.45) is 7.05 Å². The SMILES string of the molecule is CO[C@]1(COc2ccccc2C)CCCN(C(=O)c2cnn(C)c2)C1. The van der Waals surface area contributed by atoms with Crippen molar-refractivity contribution < 1.29 is 14.3 Å². The van der Waals surface area contributed by atoms with Gasteiger partial charge in [-0.3, -0.25) is 9.48 Å². The van der Waals surface area contributed by atoms with Gasteiger partial charge in [0.25, 0.3) is 5.91 Å². The zero-order valence-electron chi connectivity index (χ0n) is 15.1. The number of para-hydroxylation sites is 1. The average Bonchev–Trinajstić information content (AvgIpc) is 3.07. The standard InChI is InChI=1S/C19H25N3O3/c1-15-7-4-5-8-17(15)25-14-19(24-3)9-6-10-22(13-19)18(23)16-11-20-21(2)12-16/h4-5,7-8,11-12H,6,9-10,13-14H2,1-3H3/t19-/m1/s1. The number of likely N-dealkylation sites (tertiary alicyclic amines) is 1. The minimum atomic E-state index is -0.488. The molecule has 0 bridgehead atoms. The Morgan fingerprint density at radius 2 is 2.16 bits per heavy atom. The van der Waals surface area contributed by atoms with E-state index in [1.807, 2.05) is 43.1 Å². The minimum absolute atomic E-state index is 0.00915. The first kappa shape index (κ1) is 17.5. The number of piperidine rings is 1. The fraction of sp³-hybridized carbons (Fsp3) is 0.474. The molecule has 25 heavy (non-hydrogen) atoms. The molecule has 1 aromatic heterocycles. The summed E-state index contributed by atoms with van der Waals surface area (Å²) in [6.07, 6.45) is 5.10. The van der Waals surface area contributed by atoms with E-state index in [1.54, 1.807) is 24.2 Å². The predicted octanol–water partition coefficient (Wildman–Crippen LogP) is 2.43. The summed E-state index contributed by atoms with van der Waals surface area (Å²) in [7, 11) is 3.50. The van der Waals surface area contributed by atoms with Gasteiger partial charge in [-0.1, -0.05) is 18.2 Å². The van der Waals surface area contributed by atoms with Crippen LogP contribution in [0, 0.1) is 6.92 Å². The molecule has 0 radical (unpaired) electrons. The highest BCUT2D eigenvalue weighted by Crippen LogP contribution is 2.28. The van der Waals surface area contributed by atoms with E-state index in [0.717, 1.165) is 30.7 Å². The summed E-state index contributed by atoms with van der Waals surface area (Å²) in [4.78, 5) is 14.6. The largest absolute Gasteiger partial charge is 0.490 e. The summed E-state index contributed by atoms with van der Waals surface area (Å²) in [6, 6.07) is 7.93. The number of hydrogen-bond acceptors (Lipinski definition) is 4. The van der Waals surface area contributed by atoms with Crippen molar-refractivity contribution in [3.63, 3.8) is 0 Å². The van der Waals surface area contributed by atoms with Crippen molar-refractivity contribution >= 4 is 5.91 Å². The maximum atomic E-state index is 12.7. The number of aryl methyl sites for hydroxylation is 2. The summed E-state index contributed by atoms with van der Waals surface area (Å²) in [5, 5.41) is 4.09. The van der Waals surface area contributed by atoms with Gasteiger partial charge in [0, 0.05) is 26.9 Å². The molecule has 134 valence electrons. The van der Waals surface area contributed by atoms with E-state index >= 15 is 0 Å². The molecule has 0 N–H and O–H groups in total. The van der Waals surface area contributed by atoms with Gasteiger partial charge >= 0.3 is 0 Å². The van der Waals surface area contributed by atoms with Crippen LogP contribution in [0.2, 0.25) is 0 Å². The normalized spacial score (nSPS) is 20.5. The van der Waals surface area contributed by atoms with E-state index in [-0.39, 0.29) is 5.91 Å². The first-order valence-electron chi connectivity index (χ1n) is 8.54. The van der Waals surface area contributed by atoms with Crippen LogP contribution in [-0.4, -0.2) is 53.0 Å². The summed E-state index contributed by atoms with van der Waals surface area (Å²) in [5.41, 5.74) is 1.21. The van der Waals surface area contributed by atoms with Gasteiger partial charge in [-0.05, 0) is 31.4 Å². The minimum Gasteiger partial charge on any atom is -0.490 e. The Labute approximate surface area is 148 Å². The van der Waals surface area contributed by atoms with Crippen LogP contribution < -0.4 is 4.74 Å². The van der Waals surface area contributed by atoms with Gasteiger partial charge in [0.15, 0.2) is 0 Å². The molecular weight excluding hydrogens is 318 g/mol. The number of carbonyl (C=O) groups is 1. The van der Waals surface area contributed by atoms with Gasteiger partial charge in [-0.25, -0.2) is 0 Å². The monoisotopic (exact) mass is 343 g/mol. The van der Waals surface area contributed by atoms with Crippen LogP contribution in [0.15, 0.2) is 36.7 Å². The van der Waals surface area contributed by atoms with Gasteiger partial charge in [0.1, 0.15) is 18.0 Å². The summed E-state index contributed by atoms with van der Waals surface area (Å²) >= 11 is 0. The molecule has 1 atom stereocenters. The van der Waals surface area contributed by atoms with Crippen LogP contribution in [0.1, 0.15) is 28.8 Å². The fourth-order valence-electron chi connectivity index (χ4n) is 3.26. The second-order valence-corrected chi connectivity index (χ2v) is 6.67. The zero-order chi connectivity index (χ0) is 17.9. The van der Waals surface area contributed by atoms with Crippen molar-refractivity contribution in [2.75, 3.05) is 26.8 Å². The lowest BCUT2D eigenvalue weighted by Crippen LogP contribution is -2.54. The maximum Gasteiger partial charge on any atom is 0.257 e. The number of rotatable bonds is 5. The smallest absolute Gasteiger partial charge is 0.257 e. The zero-order valence-corrected chi connectivity index (χ0v) is 15.1. The second kappa shape index (κ2) is 7.27. The van der Waals surface area contributed by atoms with Crippen molar-refractivity contribution in [2.45, 2.75) is 25.4 Å². The lowest BCUT2D eigenvalue weighted by Gasteiger charge is -2.41. The highest BCUT2D eigenvalue weighted by Gasteiger charge is 2.38. The van der Waals surface area contributed by atoms with E-state index in [4.69, 9.17) is 9.47 Å². The van der Waals surface area contributed by atoms with Crippen LogP contribution in [0.5, 0.6) is 5.75 Å². The first-order valence-corrected chi connectivity index (χ1v) is 8.54. The quantitative estimate of drug-likeness (QED) is 0.837. The molecule has 1 aliphatic heterocycles. The Morgan fingerprint density at radius 1 is 1.36 bits per heavy atom. The predicted molar refractivity (Wildman–Crippen MR) is 94.8 cm³/mol. The number of benzene rings is 1. The number of methoxy groups -OCH3 is 1. The van der Waals surface area contributed by atoms with Gasteiger partial charge in [-0.15, -0.1) is 0 Å². The molecule has 0 unspecified atom stereocenters. The third-order valence-electron chi connectivity index (χ3n) is 4.80. The molecule has 0 saturated carbocycles. The fourth-order valence-corrected chi connectivity index (χ4v) is 3.26. The summed E-state index contributed by atoms with van der Waals surface area (Å²) in [6.45, 7) is 3.69. The Bertz CT molecular complexity index is 743. The molecule has 1 aromatic carbocycles. The van der Waals surface area contributed by atoms with Crippen LogP contribution in [0.3, 0.4) is 0 Å². The Kier molecular flexibility index (Phi) is 5.08. The van der Waals surface area contributed by atoms with Crippen molar-refractivity contribution in [1.82, 2.24) is 14.7 Å². The number of hydrogen-bond donors (Lipinski definition) is 0. The lowest BCUT2D eigenvalue weighted by atomic mass is 9.93. The number of carbonyl (C=O) groups excluding carboxylic acids is 1. The molecule has 1 aliphatic rings. The van der Waals surface area contributed by atoms with E-state index in [2.05, 4.69) is 5.10 Å². The molecule has 0 spiro atoms. The van der Waals surface area contributed by atoms with E-state index in [0.29, 0.717) is 18.7 Å². The van der Waals surface area contributed by atoms with Gasteiger partial charge in [-0.2, -0.15) is 5.10 Å². The van der Waals surface area contributed by atoms with Crippen LogP contribution in [-0.2, 0) is 11.8 Å². The van der Waals surface area contributed by atoms with E-state index in [9.17, 15) is 4.79 Å². The van der Waals surface area contributed by atoms with Crippen LogP contribution in [0.4, 0.5) is 0 Å². The van der Waals surface area contributed by atoms with Crippen LogP contribution in [0.25, 0.3) is 0 Å². The topological polar surface area (TPSA) is 56.6 Å². The second-order valence-electron chi connectivity index (χ2n) is 6.67. The number of amides is 1. The van der Waals surface area contributed by atoms with Gasteiger partial charge in [0.05, 0.1) is 18.3 Å². The number of aromatic nitrogens is 2. The van der Waals surface area contributed by atoms with Crippen LogP contribution >= 0.6 is 0 Å². The molecule has 2 aromatic rings. The Morgan fingerprint density at radius 3 is 2.84 bits per heavy atom. The van der Waals surface area contributed by atoms with Gasteiger partial charge in [0.2, 0.25) is 0 Å². The third kappa shape index (κ3) is 3.85. The van der Waals surface area contributed by atoms with E-state index in [1.165, 1.54) is 0 Å². The number of nitrogens with zero attached hydrogens (tertiary/aromatic N) is 3. The lowest BCUT2D eigenvalue weighted by molar-refractivity contribution is -0.0825. The summed E-state index contributed by atoms with van der Waals surface area (Å²) in [5.74, 6) is 0.847. The summed E-state index contributed by atoms with van der Waals surface area (Å²) < 4.78 is 13.5. The molecule has 6 heteroatoms. The Hall–Kier alpha value is -2.34. The molecule has 6 nitrogen and oxygen atoms in total. The molecule has 2 heterocycles. The molecule has 1 amide bonds. The third-order valence-corrected chi connectivity index (χ3v) is 4.80. The van der Waals surface area contributed by atoms with Crippen molar-refractivity contribution in [3.05, 3.63) is 47.8 Å². The first-order chi connectivity index (χ1) is 12.0. The van der Waals surface area contributed by atoms with Gasteiger partial charge < -0.3 is 14.4 Å². The molecular formula is C19H25N3O3. The number of ether oxygens (including phenoxy) is 2. The molecule has 0 aliphatic carbocycles. The van der Waals surface area contributed by atoms with Crippen molar-refractivity contribution in [1.29, 1.82) is 0 Å².